The monoisotopic (exact) mass is 509 g/mol. The van der Waals surface area contributed by atoms with E-state index in [4.69, 9.17) is 4.42 Å². The lowest BCUT2D eigenvalue weighted by atomic mass is 9.95. The van der Waals surface area contributed by atoms with E-state index in [0.717, 1.165) is 53.5 Å². The molecular formula is C29H31N7O2. The summed E-state index contributed by atoms with van der Waals surface area (Å²) in [5, 5.41) is 14.1. The number of tetrazole rings is 1. The largest absolute Gasteiger partial charge is 0.468 e. The standard InChI is InChI=1S/C29H31N7O2/c1-20-11-12-26-22(15-20)16-25(29(37)31-26)27(28-32-33-34-36(28)23-8-3-2-4-9-23)35(19-24-10-6-14-38-24)18-21-7-5-13-30-17-21/h5-7,10-17,23,27H,2-4,8-9,18-19H2,1H3,(H,31,37)/t27-/m1/s1. The van der Waals surface area contributed by atoms with Gasteiger partial charge in [0.2, 0.25) is 0 Å². The number of benzene rings is 1. The van der Waals surface area contributed by atoms with E-state index in [-0.39, 0.29) is 11.6 Å². The lowest BCUT2D eigenvalue weighted by Gasteiger charge is -2.32. The average Bonchev–Trinajstić information content (AvgIpc) is 3.63. The number of aromatic nitrogens is 6. The van der Waals surface area contributed by atoms with Crippen LogP contribution in [0.25, 0.3) is 10.9 Å². The van der Waals surface area contributed by atoms with E-state index >= 15 is 0 Å². The van der Waals surface area contributed by atoms with Crippen molar-refractivity contribution in [2.45, 2.75) is 64.2 Å². The van der Waals surface area contributed by atoms with E-state index in [2.05, 4.69) is 43.4 Å². The highest BCUT2D eigenvalue weighted by Gasteiger charge is 2.33. The summed E-state index contributed by atoms with van der Waals surface area (Å²) in [6.07, 6.45) is 10.9. The third kappa shape index (κ3) is 5.02. The Hall–Kier alpha value is -4.11. The maximum atomic E-state index is 13.7. The van der Waals surface area contributed by atoms with Crippen LogP contribution in [0, 0.1) is 6.92 Å². The van der Waals surface area contributed by atoms with Crippen LogP contribution in [0.3, 0.4) is 0 Å². The van der Waals surface area contributed by atoms with Gasteiger partial charge >= 0.3 is 0 Å². The number of rotatable bonds is 8. The lowest BCUT2D eigenvalue weighted by Crippen LogP contribution is -2.35. The smallest absolute Gasteiger partial charge is 0.253 e. The van der Waals surface area contributed by atoms with Crippen LogP contribution in [0.4, 0.5) is 0 Å². The Morgan fingerprint density at radius 3 is 2.79 bits per heavy atom. The molecule has 1 saturated carbocycles. The number of fused-ring (bicyclic) bond motifs is 1. The number of hydrogen-bond donors (Lipinski definition) is 1. The first kappa shape index (κ1) is 24.2. The molecule has 5 aromatic rings. The van der Waals surface area contributed by atoms with E-state index < -0.39 is 6.04 Å². The molecule has 1 aliphatic rings. The number of nitrogens with zero attached hydrogens (tertiary/aromatic N) is 6. The molecule has 0 saturated heterocycles. The van der Waals surface area contributed by atoms with Crippen LogP contribution in [0.5, 0.6) is 0 Å². The van der Waals surface area contributed by atoms with Gasteiger partial charge in [-0.3, -0.25) is 14.7 Å². The number of aryl methyl sites for hydroxylation is 1. The Morgan fingerprint density at radius 2 is 2.00 bits per heavy atom. The lowest BCUT2D eigenvalue weighted by molar-refractivity contribution is 0.173. The normalized spacial score (nSPS) is 15.3. The summed E-state index contributed by atoms with van der Waals surface area (Å²) in [6, 6.07) is 15.5. The molecule has 1 aliphatic carbocycles. The van der Waals surface area contributed by atoms with Gasteiger partial charge in [0.15, 0.2) is 5.82 Å². The first-order valence-corrected chi connectivity index (χ1v) is 13.2. The van der Waals surface area contributed by atoms with Gasteiger partial charge in [-0.15, -0.1) is 5.10 Å². The molecule has 0 amide bonds. The highest BCUT2D eigenvalue weighted by atomic mass is 16.3. The summed E-state index contributed by atoms with van der Waals surface area (Å²) in [4.78, 5) is 23.3. The molecular weight excluding hydrogens is 478 g/mol. The first-order valence-electron chi connectivity index (χ1n) is 13.2. The minimum atomic E-state index is -0.508. The molecule has 194 valence electrons. The molecule has 1 aromatic carbocycles. The molecule has 6 rings (SSSR count). The molecule has 0 aliphatic heterocycles. The van der Waals surface area contributed by atoms with Gasteiger partial charge in [-0.1, -0.05) is 37.0 Å². The third-order valence-corrected chi connectivity index (χ3v) is 7.42. The van der Waals surface area contributed by atoms with Crippen LogP contribution >= 0.6 is 0 Å². The molecule has 1 N–H and O–H groups in total. The van der Waals surface area contributed by atoms with Crippen LogP contribution in [0.2, 0.25) is 0 Å². The minimum Gasteiger partial charge on any atom is -0.468 e. The zero-order chi connectivity index (χ0) is 25.9. The Bertz CT molecular complexity index is 1550. The van der Waals surface area contributed by atoms with Crippen LogP contribution in [0.15, 0.2) is 76.4 Å². The Labute approximate surface area is 220 Å². The predicted octanol–water partition coefficient (Wildman–Crippen LogP) is 5.11. The second-order valence-corrected chi connectivity index (χ2v) is 10.2. The summed E-state index contributed by atoms with van der Waals surface area (Å²) in [7, 11) is 0. The molecule has 4 heterocycles. The van der Waals surface area contributed by atoms with Gasteiger partial charge in [0.05, 0.1) is 18.8 Å². The predicted molar refractivity (Wildman–Crippen MR) is 143 cm³/mol. The van der Waals surface area contributed by atoms with Gasteiger partial charge in [0, 0.05) is 30.0 Å². The zero-order valence-electron chi connectivity index (χ0n) is 21.5. The van der Waals surface area contributed by atoms with Crippen LogP contribution in [-0.4, -0.2) is 35.1 Å². The van der Waals surface area contributed by atoms with Crippen LogP contribution < -0.4 is 5.56 Å². The molecule has 38 heavy (non-hydrogen) atoms. The van der Waals surface area contributed by atoms with Crippen molar-refractivity contribution in [3.8, 4) is 0 Å². The molecule has 4 aromatic heterocycles. The fraction of sp³-hybridized carbons (Fsp3) is 0.345. The minimum absolute atomic E-state index is 0.153. The molecule has 0 radical (unpaired) electrons. The Balaban J connectivity index is 1.53. The first-order chi connectivity index (χ1) is 18.7. The quantitative estimate of drug-likeness (QED) is 0.310. The average molecular weight is 510 g/mol. The Morgan fingerprint density at radius 1 is 1.11 bits per heavy atom. The maximum Gasteiger partial charge on any atom is 0.253 e. The summed E-state index contributed by atoms with van der Waals surface area (Å²) in [5.41, 5.74) is 3.40. The van der Waals surface area contributed by atoms with Crippen molar-refractivity contribution < 1.29 is 4.42 Å². The number of H-pyrrole nitrogens is 1. The third-order valence-electron chi connectivity index (χ3n) is 7.42. The fourth-order valence-corrected chi connectivity index (χ4v) is 5.58. The molecule has 1 fully saturated rings. The van der Waals surface area contributed by atoms with Gasteiger partial charge in [-0.2, -0.15) is 0 Å². The topological polar surface area (TPSA) is 106 Å². The van der Waals surface area contributed by atoms with Crippen LogP contribution in [-0.2, 0) is 13.1 Å². The van der Waals surface area contributed by atoms with Crippen molar-refractivity contribution in [3.63, 3.8) is 0 Å². The van der Waals surface area contributed by atoms with Crippen molar-refractivity contribution in [2.24, 2.45) is 0 Å². The summed E-state index contributed by atoms with van der Waals surface area (Å²) in [5.74, 6) is 1.47. The molecule has 0 bridgehead atoms. The van der Waals surface area contributed by atoms with E-state index in [1.54, 1.807) is 12.5 Å². The molecule has 9 heteroatoms. The van der Waals surface area contributed by atoms with Gasteiger partial charge in [0.1, 0.15) is 11.8 Å². The summed E-state index contributed by atoms with van der Waals surface area (Å²) < 4.78 is 7.73. The number of furan rings is 1. The number of aromatic amines is 1. The van der Waals surface area contributed by atoms with Crippen molar-refractivity contribution in [1.29, 1.82) is 0 Å². The van der Waals surface area contributed by atoms with E-state index in [1.165, 1.54) is 6.42 Å². The highest BCUT2D eigenvalue weighted by molar-refractivity contribution is 5.79. The SMILES string of the molecule is Cc1ccc2[nH]c(=O)c([C@H](c3nnnn3C3CCCCC3)N(Cc3cccnc3)Cc3ccco3)cc2c1. The van der Waals surface area contributed by atoms with Gasteiger partial charge < -0.3 is 9.40 Å². The molecule has 0 unspecified atom stereocenters. The Kier molecular flexibility index (Phi) is 6.83. The number of hydrogen-bond acceptors (Lipinski definition) is 7. The van der Waals surface area contributed by atoms with Crippen LogP contribution in [0.1, 0.15) is 72.5 Å². The van der Waals surface area contributed by atoms with Crippen molar-refractivity contribution >= 4 is 10.9 Å². The zero-order valence-corrected chi connectivity index (χ0v) is 21.5. The molecule has 0 spiro atoms. The van der Waals surface area contributed by atoms with E-state index in [9.17, 15) is 4.79 Å². The van der Waals surface area contributed by atoms with Gasteiger partial charge in [0.25, 0.3) is 5.56 Å². The van der Waals surface area contributed by atoms with Crippen molar-refractivity contribution in [1.82, 2.24) is 35.1 Å². The molecule has 9 nitrogen and oxygen atoms in total. The number of pyridine rings is 2. The second-order valence-electron chi connectivity index (χ2n) is 10.2. The van der Waals surface area contributed by atoms with Crippen molar-refractivity contribution in [3.05, 3.63) is 106 Å². The molecule has 1 atom stereocenters. The van der Waals surface area contributed by atoms with E-state index in [0.29, 0.717) is 24.5 Å². The fourth-order valence-electron chi connectivity index (χ4n) is 5.58. The second kappa shape index (κ2) is 10.7. The maximum absolute atomic E-state index is 13.7. The number of nitrogens with one attached hydrogen (secondary N) is 1. The summed E-state index contributed by atoms with van der Waals surface area (Å²) in [6.45, 7) is 3.05. The van der Waals surface area contributed by atoms with Gasteiger partial charge in [-0.05, 0) is 77.5 Å². The van der Waals surface area contributed by atoms with Crippen molar-refractivity contribution in [2.75, 3.05) is 0 Å². The van der Waals surface area contributed by atoms with Gasteiger partial charge in [-0.25, -0.2) is 4.68 Å². The summed E-state index contributed by atoms with van der Waals surface area (Å²) >= 11 is 0. The van der Waals surface area contributed by atoms with E-state index in [1.807, 2.05) is 53.3 Å². The highest BCUT2D eigenvalue weighted by Crippen LogP contribution is 2.34.